The van der Waals surface area contributed by atoms with E-state index in [1.807, 2.05) is 0 Å². The maximum atomic E-state index is 12.6. The van der Waals surface area contributed by atoms with Crippen LogP contribution < -0.4 is 4.74 Å². The standard InChI is InChI=1S/C9H4F5IN2O/c10-8(11)6-7(18-9(12,13)14)4(1-2-16)5(15)3-17-6/h3,8H,1H2. The molecule has 0 saturated carbocycles. The fourth-order valence-corrected chi connectivity index (χ4v) is 1.73. The van der Waals surface area contributed by atoms with Crippen molar-refractivity contribution in [2.24, 2.45) is 0 Å². The second kappa shape index (κ2) is 5.64. The molecule has 0 bridgehead atoms. The van der Waals surface area contributed by atoms with Crippen LogP contribution >= 0.6 is 22.6 Å². The maximum absolute atomic E-state index is 12.6. The number of rotatable bonds is 3. The lowest BCUT2D eigenvalue weighted by molar-refractivity contribution is -0.275. The van der Waals surface area contributed by atoms with Gasteiger partial charge in [-0.2, -0.15) is 5.26 Å². The van der Waals surface area contributed by atoms with Crippen molar-refractivity contribution in [2.75, 3.05) is 0 Å². The summed E-state index contributed by atoms with van der Waals surface area (Å²) in [6, 6.07) is 1.59. The van der Waals surface area contributed by atoms with Crippen molar-refractivity contribution in [3.63, 3.8) is 0 Å². The summed E-state index contributed by atoms with van der Waals surface area (Å²) in [6.45, 7) is 0. The van der Waals surface area contributed by atoms with Gasteiger partial charge in [-0.3, -0.25) is 4.98 Å². The smallest absolute Gasteiger partial charge is 0.403 e. The average Bonchev–Trinajstić information content (AvgIpc) is 2.21. The Morgan fingerprint density at radius 2 is 2.06 bits per heavy atom. The summed E-state index contributed by atoms with van der Waals surface area (Å²) in [4.78, 5) is 3.21. The van der Waals surface area contributed by atoms with E-state index in [-0.39, 0.29) is 9.13 Å². The summed E-state index contributed by atoms with van der Waals surface area (Å²) in [5, 5.41) is 8.50. The number of pyridine rings is 1. The quantitative estimate of drug-likeness (QED) is 0.597. The van der Waals surface area contributed by atoms with Crippen LogP contribution in [-0.4, -0.2) is 11.3 Å². The molecule has 0 spiro atoms. The fraction of sp³-hybridized carbons (Fsp3) is 0.333. The molecule has 0 fully saturated rings. The van der Waals surface area contributed by atoms with Crippen LogP contribution in [0.1, 0.15) is 17.7 Å². The summed E-state index contributed by atoms with van der Waals surface area (Å²) in [5.41, 5.74) is -1.38. The van der Waals surface area contributed by atoms with Crippen molar-refractivity contribution in [2.45, 2.75) is 19.2 Å². The zero-order valence-corrected chi connectivity index (χ0v) is 10.6. The zero-order valence-electron chi connectivity index (χ0n) is 8.43. The first-order chi connectivity index (χ1) is 8.26. The predicted octanol–water partition coefficient (Wildman–Crippen LogP) is 3.59. The van der Waals surface area contributed by atoms with Crippen LogP contribution in [0.15, 0.2) is 6.20 Å². The Labute approximate surface area is 112 Å². The van der Waals surface area contributed by atoms with Gasteiger partial charge in [-0.25, -0.2) is 8.78 Å². The molecular formula is C9H4F5IN2O. The Morgan fingerprint density at radius 3 is 2.50 bits per heavy atom. The van der Waals surface area contributed by atoms with Gasteiger partial charge in [0.15, 0.2) is 5.75 Å². The Hall–Kier alpha value is -1.18. The molecule has 0 aliphatic carbocycles. The van der Waals surface area contributed by atoms with Crippen molar-refractivity contribution < 1.29 is 26.7 Å². The molecule has 0 aliphatic rings. The first kappa shape index (κ1) is 14.9. The molecule has 0 radical (unpaired) electrons. The molecule has 0 saturated heterocycles. The minimum absolute atomic E-state index is 0.151. The minimum atomic E-state index is -5.13. The Kier molecular flexibility index (Phi) is 4.66. The summed E-state index contributed by atoms with van der Waals surface area (Å²) in [6.07, 6.45) is -7.86. The van der Waals surface area contributed by atoms with Crippen molar-refractivity contribution >= 4 is 22.6 Å². The highest BCUT2D eigenvalue weighted by Crippen LogP contribution is 2.36. The Bertz CT molecular complexity index is 483. The van der Waals surface area contributed by atoms with Gasteiger partial charge in [-0.15, -0.1) is 13.2 Å². The number of aromatic nitrogens is 1. The van der Waals surface area contributed by atoms with Crippen LogP contribution in [0.3, 0.4) is 0 Å². The van der Waals surface area contributed by atoms with Crippen LogP contribution in [0.25, 0.3) is 0 Å². The lowest BCUT2D eigenvalue weighted by Gasteiger charge is -2.16. The minimum Gasteiger partial charge on any atom is -0.403 e. The van der Waals surface area contributed by atoms with Crippen LogP contribution in [0.5, 0.6) is 5.75 Å². The van der Waals surface area contributed by atoms with Crippen molar-refractivity contribution in [1.29, 1.82) is 5.26 Å². The third kappa shape index (κ3) is 3.66. The number of nitrogens with zero attached hydrogens (tertiary/aromatic N) is 2. The molecule has 18 heavy (non-hydrogen) atoms. The number of ether oxygens (including phenoxy) is 1. The second-order valence-electron chi connectivity index (χ2n) is 2.98. The molecule has 3 nitrogen and oxygen atoms in total. The van der Waals surface area contributed by atoms with Gasteiger partial charge in [0, 0.05) is 15.3 Å². The number of hydrogen-bond donors (Lipinski definition) is 0. The third-order valence-corrected chi connectivity index (χ3v) is 2.72. The maximum Gasteiger partial charge on any atom is 0.573 e. The van der Waals surface area contributed by atoms with E-state index < -0.39 is 30.7 Å². The molecule has 0 unspecified atom stereocenters. The van der Waals surface area contributed by atoms with Gasteiger partial charge in [0.25, 0.3) is 6.43 Å². The highest BCUT2D eigenvalue weighted by molar-refractivity contribution is 14.1. The molecule has 0 aliphatic heterocycles. The van der Waals surface area contributed by atoms with Gasteiger partial charge in [-0.05, 0) is 22.6 Å². The Balaban J connectivity index is 3.39. The van der Waals surface area contributed by atoms with E-state index >= 15 is 0 Å². The fourth-order valence-electron chi connectivity index (χ4n) is 1.15. The lowest BCUT2D eigenvalue weighted by Crippen LogP contribution is -2.20. The molecule has 0 N–H and O–H groups in total. The monoisotopic (exact) mass is 378 g/mol. The average molecular weight is 378 g/mol. The molecule has 0 atom stereocenters. The predicted molar refractivity (Wildman–Crippen MR) is 57.9 cm³/mol. The van der Waals surface area contributed by atoms with Crippen molar-refractivity contribution in [3.05, 3.63) is 21.0 Å². The SMILES string of the molecule is N#CCc1c(I)cnc(C(F)F)c1OC(F)(F)F. The number of alkyl halides is 5. The van der Waals surface area contributed by atoms with Crippen LogP contribution in [0.4, 0.5) is 22.0 Å². The second-order valence-corrected chi connectivity index (χ2v) is 4.14. The molecule has 0 aromatic carbocycles. The van der Waals surface area contributed by atoms with Gasteiger partial charge in [0.05, 0.1) is 12.5 Å². The molecular weight excluding hydrogens is 374 g/mol. The molecule has 1 heterocycles. The topological polar surface area (TPSA) is 45.9 Å². The molecule has 98 valence electrons. The summed E-state index contributed by atoms with van der Waals surface area (Å²) in [5.74, 6) is -1.09. The summed E-state index contributed by atoms with van der Waals surface area (Å²) >= 11 is 1.60. The van der Waals surface area contributed by atoms with E-state index in [1.54, 1.807) is 28.7 Å². The van der Waals surface area contributed by atoms with Gasteiger partial charge >= 0.3 is 6.36 Å². The molecule has 1 aromatic heterocycles. The largest absolute Gasteiger partial charge is 0.573 e. The van der Waals surface area contributed by atoms with Crippen LogP contribution in [-0.2, 0) is 6.42 Å². The first-order valence-electron chi connectivity index (χ1n) is 4.34. The Morgan fingerprint density at radius 1 is 1.44 bits per heavy atom. The van der Waals surface area contributed by atoms with E-state index in [9.17, 15) is 22.0 Å². The van der Waals surface area contributed by atoms with Gasteiger partial charge in [0.1, 0.15) is 5.69 Å². The molecule has 1 aromatic rings. The summed E-state index contributed by atoms with van der Waals surface area (Å²) in [7, 11) is 0. The normalized spacial score (nSPS) is 11.4. The third-order valence-electron chi connectivity index (χ3n) is 1.79. The van der Waals surface area contributed by atoms with Crippen LogP contribution in [0, 0.1) is 14.9 Å². The number of nitriles is 1. The van der Waals surface area contributed by atoms with E-state index in [1.165, 1.54) is 0 Å². The van der Waals surface area contributed by atoms with Gasteiger partial charge in [0.2, 0.25) is 0 Å². The molecule has 9 heteroatoms. The first-order valence-corrected chi connectivity index (χ1v) is 5.42. The van der Waals surface area contributed by atoms with E-state index in [2.05, 4.69) is 9.72 Å². The van der Waals surface area contributed by atoms with Gasteiger partial charge < -0.3 is 4.74 Å². The van der Waals surface area contributed by atoms with E-state index in [4.69, 9.17) is 5.26 Å². The van der Waals surface area contributed by atoms with Crippen molar-refractivity contribution in [1.82, 2.24) is 4.98 Å². The number of halogens is 6. The van der Waals surface area contributed by atoms with E-state index in [0.29, 0.717) is 0 Å². The highest BCUT2D eigenvalue weighted by atomic mass is 127. The van der Waals surface area contributed by atoms with Crippen molar-refractivity contribution in [3.8, 4) is 11.8 Å². The van der Waals surface area contributed by atoms with E-state index in [0.717, 1.165) is 6.20 Å². The van der Waals surface area contributed by atoms with Gasteiger partial charge in [-0.1, -0.05) is 0 Å². The summed E-state index contributed by atoms with van der Waals surface area (Å²) < 4.78 is 65.3. The molecule has 0 amide bonds. The van der Waals surface area contributed by atoms with Crippen LogP contribution in [0.2, 0.25) is 0 Å². The highest BCUT2D eigenvalue weighted by Gasteiger charge is 2.35. The number of hydrogen-bond acceptors (Lipinski definition) is 3. The zero-order chi connectivity index (χ0) is 13.9. The lowest BCUT2D eigenvalue weighted by atomic mass is 10.1. The molecule has 1 rings (SSSR count).